The van der Waals surface area contributed by atoms with Crippen LogP contribution in [-0.4, -0.2) is 41.3 Å². The van der Waals surface area contributed by atoms with Crippen molar-refractivity contribution in [3.63, 3.8) is 0 Å². The van der Waals surface area contributed by atoms with Crippen molar-refractivity contribution in [1.82, 2.24) is 4.90 Å². The van der Waals surface area contributed by atoms with Gasteiger partial charge in [-0.2, -0.15) is 0 Å². The highest BCUT2D eigenvalue weighted by atomic mass is 16.3. The molecule has 0 spiro atoms. The van der Waals surface area contributed by atoms with Crippen LogP contribution in [0, 0.1) is 0 Å². The van der Waals surface area contributed by atoms with Crippen molar-refractivity contribution < 1.29 is 5.11 Å². The summed E-state index contributed by atoms with van der Waals surface area (Å²) < 4.78 is 0. The van der Waals surface area contributed by atoms with E-state index in [1.165, 1.54) is 32.2 Å². The number of hydrogen-bond acceptors (Lipinski definition) is 3. The molecule has 1 aliphatic rings. The number of likely N-dealkylation sites (tertiary alicyclic amines) is 1. The average molecular weight is 228 g/mol. The molecule has 0 saturated carbocycles. The van der Waals surface area contributed by atoms with Gasteiger partial charge in [0.25, 0.3) is 0 Å². The first-order valence-electron chi connectivity index (χ1n) is 6.73. The summed E-state index contributed by atoms with van der Waals surface area (Å²) in [6.45, 7) is 6.69. The Morgan fingerprint density at radius 2 is 2.19 bits per heavy atom. The molecule has 1 rings (SSSR count). The normalized spacial score (nSPS) is 26.6. The second kappa shape index (κ2) is 6.58. The zero-order valence-electron chi connectivity index (χ0n) is 10.9. The fourth-order valence-electron chi connectivity index (χ4n) is 2.58. The quantitative estimate of drug-likeness (QED) is 0.728. The van der Waals surface area contributed by atoms with E-state index in [1.54, 1.807) is 0 Å². The van der Waals surface area contributed by atoms with E-state index >= 15 is 0 Å². The van der Waals surface area contributed by atoms with E-state index < -0.39 is 5.54 Å². The fraction of sp³-hybridized carbons (Fsp3) is 1.00. The molecule has 2 unspecified atom stereocenters. The van der Waals surface area contributed by atoms with Gasteiger partial charge in [0.05, 0.1) is 6.61 Å². The van der Waals surface area contributed by atoms with Crippen molar-refractivity contribution in [2.45, 2.75) is 64.0 Å². The Hall–Kier alpha value is -0.120. The Morgan fingerprint density at radius 1 is 1.44 bits per heavy atom. The summed E-state index contributed by atoms with van der Waals surface area (Å²) in [5.41, 5.74) is 5.54. The minimum Gasteiger partial charge on any atom is -0.394 e. The topological polar surface area (TPSA) is 49.5 Å². The minimum absolute atomic E-state index is 0.0875. The number of piperidine rings is 1. The third-order valence-corrected chi connectivity index (χ3v) is 3.77. The fourth-order valence-corrected chi connectivity index (χ4v) is 2.58. The van der Waals surface area contributed by atoms with Crippen molar-refractivity contribution in [2.75, 3.05) is 19.7 Å². The van der Waals surface area contributed by atoms with Crippen LogP contribution in [0.1, 0.15) is 52.4 Å². The van der Waals surface area contributed by atoms with Gasteiger partial charge in [0.15, 0.2) is 0 Å². The standard InChI is InChI=1S/C13H28N2O/c1-3-12-7-4-5-9-15(12)10-6-8-13(2,14)11-16/h12,16H,3-11,14H2,1-2H3. The molecule has 3 nitrogen and oxygen atoms in total. The predicted molar refractivity (Wildman–Crippen MR) is 68.4 cm³/mol. The zero-order valence-corrected chi connectivity index (χ0v) is 10.9. The molecule has 1 saturated heterocycles. The number of nitrogens with two attached hydrogens (primary N) is 1. The Balaban J connectivity index is 2.25. The second-order valence-corrected chi connectivity index (χ2v) is 5.51. The third-order valence-electron chi connectivity index (χ3n) is 3.77. The highest BCUT2D eigenvalue weighted by Gasteiger charge is 2.22. The SMILES string of the molecule is CCC1CCCCN1CCCC(C)(N)CO. The van der Waals surface area contributed by atoms with Gasteiger partial charge in [0.2, 0.25) is 0 Å². The first-order chi connectivity index (χ1) is 7.59. The molecular formula is C13H28N2O. The molecule has 1 fully saturated rings. The largest absolute Gasteiger partial charge is 0.394 e. The van der Waals surface area contributed by atoms with Crippen LogP contribution in [0.5, 0.6) is 0 Å². The van der Waals surface area contributed by atoms with Gasteiger partial charge in [-0.25, -0.2) is 0 Å². The van der Waals surface area contributed by atoms with Gasteiger partial charge in [-0.15, -0.1) is 0 Å². The van der Waals surface area contributed by atoms with Crippen LogP contribution in [0.2, 0.25) is 0 Å². The summed E-state index contributed by atoms with van der Waals surface area (Å²) in [5, 5.41) is 9.09. The molecule has 3 N–H and O–H groups in total. The second-order valence-electron chi connectivity index (χ2n) is 5.51. The molecule has 0 amide bonds. The van der Waals surface area contributed by atoms with Gasteiger partial charge >= 0.3 is 0 Å². The summed E-state index contributed by atoms with van der Waals surface area (Å²) in [6, 6.07) is 0.784. The van der Waals surface area contributed by atoms with Gasteiger partial charge in [0, 0.05) is 11.6 Å². The molecule has 0 aliphatic carbocycles. The smallest absolute Gasteiger partial charge is 0.0608 e. The van der Waals surface area contributed by atoms with E-state index in [-0.39, 0.29) is 6.61 Å². The van der Waals surface area contributed by atoms with Gasteiger partial charge < -0.3 is 15.7 Å². The Morgan fingerprint density at radius 3 is 2.81 bits per heavy atom. The number of rotatable bonds is 6. The lowest BCUT2D eigenvalue weighted by Crippen LogP contribution is -2.43. The number of nitrogens with zero attached hydrogens (tertiary/aromatic N) is 1. The minimum atomic E-state index is -0.391. The molecule has 1 heterocycles. The summed E-state index contributed by atoms with van der Waals surface area (Å²) in [6.07, 6.45) is 7.37. The van der Waals surface area contributed by atoms with E-state index in [9.17, 15) is 0 Å². The molecule has 96 valence electrons. The Kier molecular flexibility index (Phi) is 5.73. The van der Waals surface area contributed by atoms with Crippen LogP contribution in [0.25, 0.3) is 0 Å². The first-order valence-corrected chi connectivity index (χ1v) is 6.73. The molecular weight excluding hydrogens is 200 g/mol. The maximum atomic E-state index is 9.09. The Bertz CT molecular complexity index is 194. The predicted octanol–water partition coefficient (Wildman–Crippen LogP) is 1.74. The summed E-state index contributed by atoms with van der Waals surface area (Å²) in [7, 11) is 0. The van der Waals surface area contributed by atoms with E-state index in [2.05, 4.69) is 11.8 Å². The zero-order chi connectivity index (χ0) is 12.0. The average Bonchev–Trinajstić information content (AvgIpc) is 2.29. The molecule has 0 aromatic carbocycles. The lowest BCUT2D eigenvalue weighted by molar-refractivity contribution is 0.132. The number of hydrogen-bond donors (Lipinski definition) is 2. The third kappa shape index (κ3) is 4.40. The summed E-state index contributed by atoms with van der Waals surface area (Å²) in [5.74, 6) is 0. The van der Waals surface area contributed by atoms with Crippen molar-refractivity contribution >= 4 is 0 Å². The van der Waals surface area contributed by atoms with E-state index in [1.807, 2.05) is 6.92 Å². The van der Waals surface area contributed by atoms with Gasteiger partial charge in [-0.05, 0) is 52.1 Å². The lowest BCUT2D eigenvalue weighted by atomic mass is 9.96. The number of aliphatic hydroxyl groups excluding tert-OH is 1. The van der Waals surface area contributed by atoms with E-state index in [4.69, 9.17) is 10.8 Å². The van der Waals surface area contributed by atoms with Crippen molar-refractivity contribution in [2.24, 2.45) is 5.73 Å². The molecule has 0 aromatic rings. The van der Waals surface area contributed by atoms with Gasteiger partial charge in [-0.1, -0.05) is 13.3 Å². The van der Waals surface area contributed by atoms with Crippen LogP contribution >= 0.6 is 0 Å². The maximum absolute atomic E-state index is 9.09. The lowest BCUT2D eigenvalue weighted by Gasteiger charge is -2.35. The first kappa shape index (κ1) is 13.9. The van der Waals surface area contributed by atoms with Gasteiger partial charge in [-0.3, -0.25) is 0 Å². The molecule has 1 aliphatic heterocycles. The van der Waals surface area contributed by atoms with Crippen molar-refractivity contribution in [3.05, 3.63) is 0 Å². The molecule has 0 radical (unpaired) electrons. The molecule has 3 heteroatoms. The van der Waals surface area contributed by atoms with E-state index in [0.29, 0.717) is 0 Å². The van der Waals surface area contributed by atoms with Crippen molar-refractivity contribution in [1.29, 1.82) is 0 Å². The summed E-state index contributed by atoms with van der Waals surface area (Å²) >= 11 is 0. The van der Waals surface area contributed by atoms with Crippen LogP contribution in [0.15, 0.2) is 0 Å². The highest BCUT2D eigenvalue weighted by molar-refractivity contribution is 4.80. The van der Waals surface area contributed by atoms with Gasteiger partial charge in [0.1, 0.15) is 0 Å². The van der Waals surface area contributed by atoms with E-state index in [0.717, 1.165) is 25.4 Å². The van der Waals surface area contributed by atoms with Crippen LogP contribution in [0.3, 0.4) is 0 Å². The molecule has 2 atom stereocenters. The number of aliphatic hydroxyl groups is 1. The van der Waals surface area contributed by atoms with Crippen LogP contribution in [-0.2, 0) is 0 Å². The highest BCUT2D eigenvalue weighted by Crippen LogP contribution is 2.20. The monoisotopic (exact) mass is 228 g/mol. The Labute approximate surface area is 100 Å². The van der Waals surface area contributed by atoms with Crippen LogP contribution < -0.4 is 5.73 Å². The van der Waals surface area contributed by atoms with Crippen LogP contribution in [0.4, 0.5) is 0 Å². The maximum Gasteiger partial charge on any atom is 0.0608 e. The molecule has 16 heavy (non-hydrogen) atoms. The molecule has 0 bridgehead atoms. The summed E-state index contributed by atoms with van der Waals surface area (Å²) in [4.78, 5) is 2.61. The van der Waals surface area contributed by atoms with Crippen molar-refractivity contribution in [3.8, 4) is 0 Å². The molecule has 0 aromatic heterocycles.